The lowest BCUT2D eigenvalue weighted by Gasteiger charge is -2.12. The first-order valence-corrected chi connectivity index (χ1v) is 7.82. The summed E-state index contributed by atoms with van der Waals surface area (Å²) in [5.74, 6) is 0.207. The standard InChI is InChI=1S/C13H19NO2S2/c1-9(2)18(15,16)12-6-4-11(5-7-12)10(3)8-13(14)17/h4-7,9-10H,8H2,1-3H3,(H2,14,17). The summed E-state index contributed by atoms with van der Waals surface area (Å²) in [6.45, 7) is 5.38. The lowest BCUT2D eigenvalue weighted by Crippen LogP contribution is -2.14. The summed E-state index contributed by atoms with van der Waals surface area (Å²) in [7, 11) is -3.19. The minimum absolute atomic E-state index is 0.207. The highest BCUT2D eigenvalue weighted by Gasteiger charge is 2.19. The lowest BCUT2D eigenvalue weighted by molar-refractivity contribution is 0.587. The Hall–Kier alpha value is -0.940. The van der Waals surface area contributed by atoms with E-state index in [9.17, 15) is 8.42 Å². The Morgan fingerprint density at radius 3 is 2.11 bits per heavy atom. The highest BCUT2D eigenvalue weighted by Crippen LogP contribution is 2.22. The van der Waals surface area contributed by atoms with E-state index < -0.39 is 15.1 Å². The molecule has 3 nitrogen and oxygen atoms in total. The van der Waals surface area contributed by atoms with Crippen LogP contribution in [0.4, 0.5) is 0 Å². The second kappa shape index (κ2) is 5.80. The van der Waals surface area contributed by atoms with Gasteiger partial charge in [0.1, 0.15) is 0 Å². The van der Waals surface area contributed by atoms with Gasteiger partial charge < -0.3 is 5.73 Å². The van der Waals surface area contributed by atoms with Gasteiger partial charge in [0.25, 0.3) is 0 Å². The SMILES string of the molecule is CC(CC(N)=S)c1ccc(S(=O)(=O)C(C)C)cc1. The van der Waals surface area contributed by atoms with Gasteiger partial charge in [-0.3, -0.25) is 0 Å². The fourth-order valence-electron chi connectivity index (χ4n) is 1.68. The number of rotatable bonds is 5. The number of hydrogen-bond acceptors (Lipinski definition) is 3. The van der Waals surface area contributed by atoms with Crippen LogP contribution in [0.5, 0.6) is 0 Å². The molecule has 0 bridgehead atoms. The number of hydrogen-bond donors (Lipinski definition) is 1. The first-order valence-electron chi connectivity index (χ1n) is 5.87. The van der Waals surface area contributed by atoms with Gasteiger partial charge in [0.05, 0.1) is 15.1 Å². The third-order valence-corrected chi connectivity index (χ3v) is 5.24. The molecule has 0 aliphatic rings. The smallest absolute Gasteiger partial charge is 0.180 e. The molecule has 0 saturated heterocycles. The number of sulfone groups is 1. The maximum Gasteiger partial charge on any atom is 0.180 e. The number of benzene rings is 1. The molecule has 1 aromatic carbocycles. The van der Waals surface area contributed by atoms with Gasteiger partial charge in [-0.25, -0.2) is 8.42 Å². The fraction of sp³-hybridized carbons (Fsp3) is 0.462. The molecule has 0 spiro atoms. The molecule has 0 aliphatic heterocycles. The zero-order valence-corrected chi connectivity index (χ0v) is 12.5. The third kappa shape index (κ3) is 3.53. The highest BCUT2D eigenvalue weighted by atomic mass is 32.2. The van der Waals surface area contributed by atoms with Gasteiger partial charge in [-0.15, -0.1) is 0 Å². The van der Waals surface area contributed by atoms with Crippen molar-refractivity contribution in [1.82, 2.24) is 0 Å². The molecule has 0 heterocycles. The Balaban J connectivity index is 2.97. The summed E-state index contributed by atoms with van der Waals surface area (Å²) < 4.78 is 23.9. The van der Waals surface area contributed by atoms with Crippen LogP contribution in [0.3, 0.4) is 0 Å². The molecule has 100 valence electrons. The quantitative estimate of drug-likeness (QED) is 0.845. The summed E-state index contributed by atoms with van der Waals surface area (Å²) >= 11 is 4.87. The van der Waals surface area contributed by atoms with Crippen molar-refractivity contribution in [2.24, 2.45) is 5.73 Å². The zero-order valence-electron chi connectivity index (χ0n) is 10.9. The largest absolute Gasteiger partial charge is 0.393 e. The van der Waals surface area contributed by atoms with Crippen molar-refractivity contribution < 1.29 is 8.42 Å². The van der Waals surface area contributed by atoms with Crippen molar-refractivity contribution in [1.29, 1.82) is 0 Å². The van der Waals surface area contributed by atoms with Crippen molar-refractivity contribution in [2.75, 3.05) is 0 Å². The molecule has 0 aliphatic carbocycles. The molecule has 1 unspecified atom stereocenters. The van der Waals surface area contributed by atoms with E-state index in [1.807, 2.05) is 19.1 Å². The van der Waals surface area contributed by atoms with E-state index >= 15 is 0 Å². The highest BCUT2D eigenvalue weighted by molar-refractivity contribution is 7.92. The molecule has 1 atom stereocenters. The van der Waals surface area contributed by atoms with Crippen LogP contribution in [0.25, 0.3) is 0 Å². The molecular formula is C13H19NO2S2. The summed E-state index contributed by atoms with van der Waals surface area (Å²) in [5, 5.41) is -0.405. The molecule has 0 saturated carbocycles. The van der Waals surface area contributed by atoms with Crippen LogP contribution in [0.1, 0.15) is 38.7 Å². The van der Waals surface area contributed by atoms with E-state index in [4.69, 9.17) is 18.0 Å². The van der Waals surface area contributed by atoms with Crippen molar-refractivity contribution in [3.63, 3.8) is 0 Å². The first kappa shape index (κ1) is 15.1. The molecule has 0 aromatic heterocycles. The topological polar surface area (TPSA) is 60.2 Å². The Morgan fingerprint density at radius 1 is 1.22 bits per heavy atom. The summed E-state index contributed by atoms with van der Waals surface area (Å²) in [4.78, 5) is 0.838. The third-order valence-electron chi connectivity index (χ3n) is 2.91. The van der Waals surface area contributed by atoms with Crippen molar-refractivity contribution in [3.8, 4) is 0 Å². The summed E-state index contributed by atoms with van der Waals surface area (Å²) in [6.07, 6.45) is 0.631. The van der Waals surface area contributed by atoms with E-state index in [0.29, 0.717) is 16.3 Å². The fourth-order valence-corrected chi connectivity index (χ4v) is 2.99. The van der Waals surface area contributed by atoms with Crippen molar-refractivity contribution >= 4 is 27.0 Å². The van der Waals surface area contributed by atoms with Crippen LogP contribution in [0.2, 0.25) is 0 Å². The molecule has 0 radical (unpaired) electrons. The van der Waals surface area contributed by atoms with Crippen molar-refractivity contribution in [2.45, 2.75) is 43.3 Å². The van der Waals surface area contributed by atoms with Gasteiger partial charge in [0, 0.05) is 6.42 Å². The monoisotopic (exact) mass is 285 g/mol. The van der Waals surface area contributed by atoms with Gasteiger partial charge >= 0.3 is 0 Å². The van der Waals surface area contributed by atoms with Crippen LogP contribution >= 0.6 is 12.2 Å². The van der Waals surface area contributed by atoms with Crippen LogP contribution in [-0.2, 0) is 9.84 Å². The van der Waals surface area contributed by atoms with Gasteiger partial charge in [0.2, 0.25) is 0 Å². The first-order chi connectivity index (χ1) is 8.25. The zero-order chi connectivity index (χ0) is 13.9. The van der Waals surface area contributed by atoms with E-state index in [1.165, 1.54) is 0 Å². The van der Waals surface area contributed by atoms with E-state index in [1.54, 1.807) is 26.0 Å². The minimum Gasteiger partial charge on any atom is -0.393 e. The molecule has 1 rings (SSSR count). The Bertz CT molecular complexity index is 518. The summed E-state index contributed by atoms with van der Waals surface area (Å²) in [6, 6.07) is 6.97. The van der Waals surface area contributed by atoms with E-state index in [0.717, 1.165) is 5.56 Å². The van der Waals surface area contributed by atoms with E-state index in [2.05, 4.69) is 0 Å². The van der Waals surface area contributed by atoms with E-state index in [-0.39, 0.29) is 5.92 Å². The van der Waals surface area contributed by atoms with Crippen LogP contribution < -0.4 is 5.73 Å². The average molecular weight is 285 g/mol. The molecule has 1 aromatic rings. The Labute approximate surface area is 114 Å². The number of nitrogens with two attached hydrogens (primary N) is 1. The minimum atomic E-state index is -3.19. The second-order valence-corrected chi connectivity index (χ2v) is 7.76. The molecule has 0 amide bonds. The predicted molar refractivity (Wildman–Crippen MR) is 78.6 cm³/mol. The second-order valence-electron chi connectivity index (χ2n) is 4.73. The van der Waals surface area contributed by atoms with Gasteiger partial charge in [-0.2, -0.15) is 0 Å². The molecule has 2 N–H and O–H groups in total. The molecular weight excluding hydrogens is 266 g/mol. The maximum absolute atomic E-state index is 12.0. The maximum atomic E-state index is 12.0. The number of thiocarbonyl (C=S) groups is 1. The Kier molecular flexibility index (Phi) is 4.87. The van der Waals surface area contributed by atoms with Gasteiger partial charge in [0.15, 0.2) is 9.84 Å². The average Bonchev–Trinajstić information content (AvgIpc) is 2.28. The normalized spacial score (nSPS) is 13.6. The van der Waals surface area contributed by atoms with Crippen molar-refractivity contribution in [3.05, 3.63) is 29.8 Å². The lowest BCUT2D eigenvalue weighted by atomic mass is 9.98. The Morgan fingerprint density at radius 2 is 1.72 bits per heavy atom. The van der Waals surface area contributed by atoms with Crippen LogP contribution in [0, 0.1) is 0 Å². The molecule has 18 heavy (non-hydrogen) atoms. The molecule has 0 fully saturated rings. The predicted octanol–water partition coefficient (Wildman–Crippen LogP) is 2.65. The summed E-state index contributed by atoms with van der Waals surface area (Å²) in [5.41, 5.74) is 6.55. The molecule has 5 heteroatoms. The van der Waals surface area contributed by atoms with Crippen LogP contribution in [-0.4, -0.2) is 18.7 Å². The van der Waals surface area contributed by atoms with Gasteiger partial charge in [-0.1, -0.05) is 31.3 Å². The van der Waals surface area contributed by atoms with Gasteiger partial charge in [-0.05, 0) is 37.5 Å². The van der Waals surface area contributed by atoms with Crippen LogP contribution in [0.15, 0.2) is 29.2 Å².